The first-order valence-corrected chi connectivity index (χ1v) is 13.0. The number of thiazole rings is 1. The Bertz CT molecular complexity index is 1620. The Labute approximate surface area is 229 Å². The third kappa shape index (κ3) is 5.46. The highest BCUT2D eigenvalue weighted by atomic mass is 32.1. The zero-order chi connectivity index (χ0) is 28.1. The van der Waals surface area contributed by atoms with E-state index in [2.05, 4.69) is 11.6 Å². The van der Waals surface area contributed by atoms with Gasteiger partial charge in [-0.2, -0.15) is 0 Å². The topological polar surface area (TPSA) is 97.6 Å². The molecule has 0 fully saturated rings. The first-order valence-electron chi connectivity index (χ1n) is 12.2. The van der Waals surface area contributed by atoms with Crippen LogP contribution in [0.1, 0.15) is 31.0 Å². The van der Waals surface area contributed by atoms with Crippen LogP contribution in [0, 0.1) is 0 Å². The maximum Gasteiger partial charge on any atom is 0.338 e. The quantitative estimate of drug-likeness (QED) is 0.282. The molecule has 0 saturated heterocycles. The average molecular weight is 551 g/mol. The number of aromatic nitrogens is 1. The van der Waals surface area contributed by atoms with Crippen molar-refractivity contribution in [2.24, 2.45) is 4.99 Å². The van der Waals surface area contributed by atoms with Gasteiger partial charge in [0, 0.05) is 0 Å². The summed E-state index contributed by atoms with van der Waals surface area (Å²) in [5.41, 5.74) is 1.87. The number of hydrogen-bond acceptors (Lipinski definition) is 9. The standard InChI is InChI=1S/C29H30N2O7S/c1-7-13-38-21-11-9-18(14-22(21)35-5)15-24-27(32)31-26(19-10-12-20(34-4)23(16-19)36-6)25(28(33)37-8-2)17(3)30-29(31)39-24/h7,9-12,14-16,26H,1,8,13H2,2-6H3/b24-15-. The van der Waals surface area contributed by atoms with Gasteiger partial charge < -0.3 is 23.7 Å². The third-order valence-electron chi connectivity index (χ3n) is 6.08. The monoisotopic (exact) mass is 550 g/mol. The molecule has 3 aromatic rings. The van der Waals surface area contributed by atoms with Gasteiger partial charge in [0.05, 0.1) is 49.8 Å². The zero-order valence-electron chi connectivity index (χ0n) is 22.5. The van der Waals surface area contributed by atoms with E-state index in [1.807, 2.05) is 6.07 Å². The van der Waals surface area contributed by atoms with E-state index in [4.69, 9.17) is 23.7 Å². The Hall–Kier alpha value is -4.31. The second-order valence-electron chi connectivity index (χ2n) is 8.43. The summed E-state index contributed by atoms with van der Waals surface area (Å²) < 4.78 is 29.3. The van der Waals surface area contributed by atoms with Gasteiger partial charge in [0.25, 0.3) is 5.56 Å². The Morgan fingerprint density at radius 1 is 1.05 bits per heavy atom. The summed E-state index contributed by atoms with van der Waals surface area (Å²) in [7, 11) is 4.63. The van der Waals surface area contributed by atoms with E-state index < -0.39 is 12.0 Å². The number of hydrogen-bond donors (Lipinski definition) is 0. The molecule has 10 heteroatoms. The molecule has 0 N–H and O–H groups in total. The molecule has 9 nitrogen and oxygen atoms in total. The molecule has 39 heavy (non-hydrogen) atoms. The Balaban J connectivity index is 1.90. The number of esters is 1. The van der Waals surface area contributed by atoms with Crippen LogP contribution in [0.3, 0.4) is 0 Å². The number of fused-ring (bicyclic) bond motifs is 1. The summed E-state index contributed by atoms with van der Waals surface area (Å²) in [6.45, 7) is 7.66. The molecule has 2 heterocycles. The molecular weight excluding hydrogens is 520 g/mol. The molecule has 0 saturated carbocycles. The van der Waals surface area contributed by atoms with E-state index in [1.165, 1.54) is 23.0 Å². The van der Waals surface area contributed by atoms with Crippen molar-refractivity contribution >= 4 is 23.4 Å². The van der Waals surface area contributed by atoms with Crippen molar-refractivity contribution in [3.8, 4) is 23.0 Å². The lowest BCUT2D eigenvalue weighted by Crippen LogP contribution is -2.39. The Morgan fingerprint density at radius 2 is 1.74 bits per heavy atom. The van der Waals surface area contributed by atoms with Crippen LogP contribution in [0.15, 0.2) is 70.1 Å². The molecule has 1 atom stereocenters. The van der Waals surface area contributed by atoms with E-state index in [0.29, 0.717) is 50.2 Å². The summed E-state index contributed by atoms with van der Waals surface area (Å²) in [4.78, 5) is 32.1. The second-order valence-corrected chi connectivity index (χ2v) is 9.44. The number of rotatable bonds is 10. The maximum atomic E-state index is 13.9. The summed E-state index contributed by atoms with van der Waals surface area (Å²) in [5, 5.41) is 0. The summed E-state index contributed by atoms with van der Waals surface area (Å²) >= 11 is 1.24. The van der Waals surface area contributed by atoms with Gasteiger partial charge in [0.2, 0.25) is 0 Å². The molecule has 1 aromatic heterocycles. The van der Waals surface area contributed by atoms with Crippen LogP contribution in [-0.4, -0.2) is 45.1 Å². The van der Waals surface area contributed by atoms with Gasteiger partial charge in [-0.3, -0.25) is 9.36 Å². The highest BCUT2D eigenvalue weighted by Crippen LogP contribution is 2.36. The normalized spacial score (nSPS) is 14.8. The average Bonchev–Trinajstić information content (AvgIpc) is 3.24. The van der Waals surface area contributed by atoms with E-state index in [9.17, 15) is 9.59 Å². The lowest BCUT2D eigenvalue weighted by atomic mass is 9.95. The van der Waals surface area contributed by atoms with Gasteiger partial charge in [-0.05, 0) is 55.3 Å². The lowest BCUT2D eigenvalue weighted by molar-refractivity contribution is -0.139. The summed E-state index contributed by atoms with van der Waals surface area (Å²) in [6, 6.07) is 9.93. The molecule has 4 rings (SSSR count). The van der Waals surface area contributed by atoms with Crippen LogP contribution in [0.2, 0.25) is 0 Å². The van der Waals surface area contributed by atoms with Crippen molar-refractivity contribution in [1.82, 2.24) is 4.57 Å². The van der Waals surface area contributed by atoms with Crippen molar-refractivity contribution in [2.75, 3.05) is 34.5 Å². The van der Waals surface area contributed by atoms with E-state index in [-0.39, 0.29) is 17.7 Å². The number of carbonyl (C=O) groups is 1. The van der Waals surface area contributed by atoms with Crippen LogP contribution in [0.5, 0.6) is 23.0 Å². The largest absolute Gasteiger partial charge is 0.493 e. The van der Waals surface area contributed by atoms with Crippen LogP contribution in [-0.2, 0) is 9.53 Å². The van der Waals surface area contributed by atoms with Crippen LogP contribution in [0.25, 0.3) is 6.08 Å². The number of allylic oxidation sites excluding steroid dienone is 1. The minimum atomic E-state index is -0.772. The second kappa shape index (κ2) is 12.0. The molecule has 1 unspecified atom stereocenters. The number of carbonyl (C=O) groups excluding carboxylic acids is 1. The molecule has 1 aliphatic rings. The molecule has 204 valence electrons. The van der Waals surface area contributed by atoms with Gasteiger partial charge in [-0.25, -0.2) is 9.79 Å². The van der Waals surface area contributed by atoms with Crippen molar-refractivity contribution in [3.63, 3.8) is 0 Å². The van der Waals surface area contributed by atoms with Crippen molar-refractivity contribution in [3.05, 3.63) is 91.1 Å². The Morgan fingerprint density at radius 3 is 2.41 bits per heavy atom. The van der Waals surface area contributed by atoms with Crippen LogP contribution in [0.4, 0.5) is 0 Å². The lowest BCUT2D eigenvalue weighted by Gasteiger charge is -2.25. The van der Waals surface area contributed by atoms with E-state index in [1.54, 1.807) is 70.6 Å². The van der Waals surface area contributed by atoms with Crippen molar-refractivity contribution in [2.45, 2.75) is 19.9 Å². The van der Waals surface area contributed by atoms with Crippen molar-refractivity contribution in [1.29, 1.82) is 0 Å². The van der Waals surface area contributed by atoms with E-state index >= 15 is 0 Å². The molecule has 0 amide bonds. The minimum Gasteiger partial charge on any atom is -0.493 e. The SMILES string of the molecule is C=CCOc1ccc(/C=c2\sc3n(c2=O)C(c2ccc(OC)c(OC)c2)C(C(=O)OCC)=C(C)N=3)cc1OC. The minimum absolute atomic E-state index is 0.188. The predicted octanol–water partition coefficient (Wildman–Crippen LogP) is 3.39. The van der Waals surface area contributed by atoms with Gasteiger partial charge >= 0.3 is 5.97 Å². The molecule has 2 aromatic carbocycles. The van der Waals surface area contributed by atoms with Gasteiger partial charge in [-0.15, -0.1) is 0 Å². The first-order chi connectivity index (χ1) is 18.9. The number of ether oxygens (including phenoxy) is 5. The molecule has 0 spiro atoms. The molecular formula is C29H30N2O7S. The highest BCUT2D eigenvalue weighted by molar-refractivity contribution is 7.07. The smallest absolute Gasteiger partial charge is 0.338 e. The predicted molar refractivity (Wildman–Crippen MR) is 149 cm³/mol. The van der Waals surface area contributed by atoms with E-state index in [0.717, 1.165) is 5.56 Å². The first kappa shape index (κ1) is 27.7. The Kier molecular flexibility index (Phi) is 8.55. The molecule has 1 aliphatic heterocycles. The molecule has 0 radical (unpaired) electrons. The number of methoxy groups -OCH3 is 3. The van der Waals surface area contributed by atoms with Gasteiger partial charge in [0.15, 0.2) is 27.8 Å². The highest BCUT2D eigenvalue weighted by Gasteiger charge is 2.34. The number of nitrogens with zero attached hydrogens (tertiary/aromatic N) is 2. The van der Waals surface area contributed by atoms with Crippen LogP contribution < -0.4 is 33.8 Å². The fourth-order valence-electron chi connectivity index (χ4n) is 4.32. The number of benzene rings is 2. The van der Waals surface area contributed by atoms with Crippen molar-refractivity contribution < 1.29 is 28.5 Å². The maximum absolute atomic E-state index is 13.9. The van der Waals surface area contributed by atoms with Gasteiger partial charge in [-0.1, -0.05) is 36.1 Å². The van der Waals surface area contributed by atoms with Gasteiger partial charge in [0.1, 0.15) is 6.61 Å². The molecule has 0 bridgehead atoms. The third-order valence-corrected chi connectivity index (χ3v) is 7.07. The zero-order valence-corrected chi connectivity index (χ0v) is 23.3. The molecule has 0 aliphatic carbocycles. The van der Waals surface area contributed by atoms with Crippen LogP contribution >= 0.6 is 11.3 Å². The summed E-state index contributed by atoms with van der Waals surface area (Å²) in [6.07, 6.45) is 3.41. The fraction of sp³-hybridized carbons (Fsp3) is 0.276. The fourth-order valence-corrected chi connectivity index (χ4v) is 5.37. The summed E-state index contributed by atoms with van der Waals surface area (Å²) in [5.74, 6) is 1.57.